The van der Waals surface area contributed by atoms with E-state index >= 15 is 0 Å². The second-order valence-corrected chi connectivity index (χ2v) is 10.0. The van der Waals surface area contributed by atoms with Crippen molar-refractivity contribution in [1.82, 2.24) is 20.2 Å². The number of hydrogen-bond donors (Lipinski definition) is 2. The molecule has 10 nitrogen and oxygen atoms in total. The zero-order valence-electron chi connectivity index (χ0n) is 22.8. The lowest BCUT2D eigenvalue weighted by Gasteiger charge is -2.35. The highest BCUT2D eigenvalue weighted by Gasteiger charge is 2.54. The molecule has 0 radical (unpaired) electrons. The first-order chi connectivity index (χ1) is 19.3. The van der Waals surface area contributed by atoms with Crippen molar-refractivity contribution in [3.05, 3.63) is 75.8 Å². The molecule has 1 aromatic heterocycles. The predicted octanol–water partition coefficient (Wildman–Crippen LogP) is 3.17. The van der Waals surface area contributed by atoms with E-state index in [2.05, 4.69) is 22.5 Å². The summed E-state index contributed by atoms with van der Waals surface area (Å²) in [5.74, 6) is -2.35. The van der Waals surface area contributed by atoms with Gasteiger partial charge in [0.2, 0.25) is 17.4 Å². The number of benzene rings is 2. The zero-order chi connectivity index (χ0) is 28.7. The quantitative estimate of drug-likeness (QED) is 0.163. The molecule has 210 valence electrons. The fourth-order valence-corrected chi connectivity index (χ4v) is 4.95. The van der Waals surface area contributed by atoms with Crippen LogP contribution in [0.4, 0.5) is 0 Å². The highest BCUT2D eigenvalue weighted by Crippen LogP contribution is 2.30. The van der Waals surface area contributed by atoms with Crippen molar-refractivity contribution >= 4 is 34.6 Å². The Morgan fingerprint density at radius 1 is 1.05 bits per heavy atom. The van der Waals surface area contributed by atoms with E-state index in [4.69, 9.17) is 4.74 Å². The summed E-state index contributed by atoms with van der Waals surface area (Å²) in [6.07, 6.45) is 4.03. The van der Waals surface area contributed by atoms with Gasteiger partial charge in [-0.3, -0.25) is 29.1 Å². The average Bonchev–Trinajstić information content (AvgIpc) is 2.95. The average molecular weight is 547 g/mol. The van der Waals surface area contributed by atoms with Crippen molar-refractivity contribution < 1.29 is 23.9 Å². The number of carbonyl (C=O) groups excluding carboxylic acids is 4. The largest absolute Gasteiger partial charge is 0.459 e. The number of piperidine rings is 1. The molecule has 2 aromatic carbocycles. The highest BCUT2D eigenvalue weighted by molar-refractivity contribution is 6.13. The smallest absolute Gasteiger partial charge is 0.342 e. The van der Waals surface area contributed by atoms with Gasteiger partial charge < -0.3 is 10.1 Å². The van der Waals surface area contributed by atoms with Gasteiger partial charge in [-0.2, -0.15) is 0 Å². The van der Waals surface area contributed by atoms with Gasteiger partial charge in [0.1, 0.15) is 12.4 Å². The summed E-state index contributed by atoms with van der Waals surface area (Å²) in [4.78, 5) is 69.6. The first-order valence-corrected chi connectivity index (χ1v) is 13.6. The Kier molecular flexibility index (Phi) is 9.08. The lowest BCUT2D eigenvalue weighted by Crippen LogP contribution is -2.62. The molecule has 1 aliphatic heterocycles. The van der Waals surface area contributed by atoms with Gasteiger partial charge in [0.25, 0.3) is 11.5 Å². The summed E-state index contributed by atoms with van der Waals surface area (Å²) in [7, 11) is 0. The second-order valence-electron chi connectivity index (χ2n) is 10.0. The molecule has 4 rings (SSSR count). The van der Waals surface area contributed by atoms with Crippen LogP contribution < -0.4 is 16.2 Å². The molecule has 10 heteroatoms. The number of nitrogens with zero attached hydrogens (tertiary/aromatic N) is 2. The normalized spacial score (nSPS) is 16.9. The van der Waals surface area contributed by atoms with E-state index in [0.717, 1.165) is 30.3 Å². The fraction of sp³-hybridized carbons (Fsp3) is 0.400. The number of aryl methyl sites for hydroxylation is 1. The summed E-state index contributed by atoms with van der Waals surface area (Å²) in [5.41, 5.74) is -0.957. The van der Waals surface area contributed by atoms with Gasteiger partial charge >= 0.3 is 5.97 Å². The van der Waals surface area contributed by atoms with Crippen LogP contribution >= 0.6 is 0 Å². The number of rotatable bonds is 11. The van der Waals surface area contributed by atoms with Crippen LogP contribution in [0, 0.1) is 6.92 Å². The number of nitrogens with one attached hydrogen (secondary N) is 2. The van der Waals surface area contributed by atoms with Crippen LogP contribution in [0.15, 0.2) is 53.3 Å². The number of fused-ring (bicyclic) bond motifs is 1. The molecule has 0 bridgehead atoms. The minimum absolute atomic E-state index is 0.0701. The van der Waals surface area contributed by atoms with Crippen LogP contribution in [0.25, 0.3) is 10.9 Å². The van der Waals surface area contributed by atoms with Gasteiger partial charge in [-0.25, -0.2) is 9.78 Å². The third-order valence-corrected chi connectivity index (χ3v) is 7.12. The van der Waals surface area contributed by atoms with Crippen LogP contribution in [0.2, 0.25) is 0 Å². The van der Waals surface area contributed by atoms with Gasteiger partial charge in [0.15, 0.2) is 0 Å². The molecular formula is C30H34N4O6. The Labute approximate surface area is 232 Å². The van der Waals surface area contributed by atoms with Crippen molar-refractivity contribution in [2.45, 2.75) is 77.5 Å². The topological polar surface area (TPSA) is 136 Å². The van der Waals surface area contributed by atoms with Crippen LogP contribution in [-0.4, -0.2) is 33.2 Å². The Bertz CT molecular complexity index is 1480. The summed E-state index contributed by atoms with van der Waals surface area (Å²) in [5, 5.41) is 5.26. The van der Waals surface area contributed by atoms with Gasteiger partial charge in [0, 0.05) is 19.4 Å². The van der Waals surface area contributed by atoms with E-state index in [9.17, 15) is 24.0 Å². The van der Waals surface area contributed by atoms with E-state index in [1.807, 2.05) is 6.07 Å². The molecule has 0 unspecified atom stereocenters. The second kappa shape index (κ2) is 12.7. The molecule has 40 heavy (non-hydrogen) atoms. The third kappa shape index (κ3) is 6.11. The van der Waals surface area contributed by atoms with E-state index in [1.165, 1.54) is 6.92 Å². The lowest BCUT2D eigenvalue weighted by molar-refractivity contribution is -0.164. The zero-order valence-corrected chi connectivity index (χ0v) is 22.8. The summed E-state index contributed by atoms with van der Waals surface area (Å²) in [6.45, 7) is 3.75. The maximum atomic E-state index is 13.9. The number of aromatic nitrogens is 2. The van der Waals surface area contributed by atoms with Crippen LogP contribution in [0.5, 0.6) is 0 Å². The molecule has 1 atom stereocenters. The van der Waals surface area contributed by atoms with E-state index in [-0.39, 0.29) is 43.1 Å². The van der Waals surface area contributed by atoms with Crippen LogP contribution in [-0.2, 0) is 42.6 Å². The van der Waals surface area contributed by atoms with Crippen LogP contribution in [0.1, 0.15) is 68.8 Å². The number of imide groups is 1. The summed E-state index contributed by atoms with van der Waals surface area (Å²) < 4.78 is 6.59. The number of hydrogen-bond acceptors (Lipinski definition) is 7. The molecule has 3 aromatic rings. The van der Waals surface area contributed by atoms with Crippen LogP contribution in [0.3, 0.4) is 0 Å². The molecule has 0 spiro atoms. The number of esters is 1. The highest BCUT2D eigenvalue weighted by atomic mass is 16.5. The molecule has 1 aliphatic rings. The number of carbonyl (C=O) groups is 4. The van der Waals surface area contributed by atoms with Crippen molar-refractivity contribution in [3.8, 4) is 0 Å². The first kappa shape index (κ1) is 28.7. The molecule has 0 aliphatic carbocycles. The Balaban J connectivity index is 1.66. The SMILES string of the molecule is CCCCCCC(=O)NCc1ccc2nc(C)n([C@]3(C(=O)OCc4ccccc4)CCC(=O)NC3=O)c(=O)c2c1. The molecule has 3 amide bonds. The molecule has 1 fully saturated rings. The maximum Gasteiger partial charge on any atom is 0.342 e. The molecule has 2 heterocycles. The van der Waals surface area contributed by atoms with Gasteiger partial charge in [-0.15, -0.1) is 0 Å². The number of amides is 3. The predicted molar refractivity (Wildman–Crippen MR) is 148 cm³/mol. The van der Waals surface area contributed by atoms with Gasteiger partial charge in [-0.1, -0.05) is 62.6 Å². The standard InChI is InChI=1S/C30H34N4O6/c1-3-4-5-9-12-25(35)31-18-22-13-14-24-23(17-22)27(37)34(20(2)32-24)30(16-15-26(36)33-28(30)38)29(39)40-19-21-10-7-6-8-11-21/h6-8,10-11,13-14,17H,3-5,9,12,15-16,18-19H2,1-2H3,(H,31,35)(H,33,36,38)/t30-/m1/s1. The van der Waals surface area contributed by atoms with Gasteiger partial charge in [-0.05, 0) is 43.0 Å². The Morgan fingerprint density at radius 3 is 2.55 bits per heavy atom. The fourth-order valence-electron chi connectivity index (χ4n) is 4.95. The number of ether oxygens (including phenoxy) is 1. The van der Waals surface area contributed by atoms with E-state index < -0.39 is 28.9 Å². The minimum Gasteiger partial charge on any atom is -0.459 e. The third-order valence-electron chi connectivity index (χ3n) is 7.12. The number of unbranched alkanes of at least 4 members (excludes halogenated alkanes) is 3. The monoisotopic (exact) mass is 546 g/mol. The maximum absolute atomic E-state index is 13.9. The van der Waals surface area contributed by atoms with Crippen molar-refractivity contribution in [2.24, 2.45) is 0 Å². The minimum atomic E-state index is -2.10. The van der Waals surface area contributed by atoms with Gasteiger partial charge in [0.05, 0.1) is 10.9 Å². The lowest BCUT2D eigenvalue weighted by atomic mass is 9.87. The first-order valence-electron chi connectivity index (χ1n) is 13.6. The molecule has 2 N–H and O–H groups in total. The van der Waals surface area contributed by atoms with Crippen molar-refractivity contribution in [1.29, 1.82) is 0 Å². The molecule has 1 saturated heterocycles. The Morgan fingerprint density at radius 2 is 1.82 bits per heavy atom. The molecular weight excluding hydrogens is 512 g/mol. The molecule has 0 saturated carbocycles. The van der Waals surface area contributed by atoms with Crippen molar-refractivity contribution in [3.63, 3.8) is 0 Å². The Hall–Kier alpha value is -4.34. The van der Waals surface area contributed by atoms with E-state index in [0.29, 0.717) is 23.1 Å². The van der Waals surface area contributed by atoms with Crippen molar-refractivity contribution in [2.75, 3.05) is 0 Å². The summed E-state index contributed by atoms with van der Waals surface area (Å²) >= 11 is 0. The van der Waals surface area contributed by atoms with E-state index in [1.54, 1.807) is 42.5 Å². The summed E-state index contributed by atoms with van der Waals surface area (Å²) in [6, 6.07) is 14.0.